The predicted molar refractivity (Wildman–Crippen MR) is 160 cm³/mol. The Balaban J connectivity index is 1.62. The first-order valence-corrected chi connectivity index (χ1v) is 15.3. The fourth-order valence-electron chi connectivity index (χ4n) is 5.46. The van der Waals surface area contributed by atoms with Crippen LogP contribution in [-0.2, 0) is 25.6 Å². The van der Waals surface area contributed by atoms with E-state index in [1.54, 1.807) is 11.8 Å². The van der Waals surface area contributed by atoms with E-state index in [-0.39, 0.29) is 18.8 Å². The van der Waals surface area contributed by atoms with Crippen molar-refractivity contribution >= 4 is 28.2 Å². The molecule has 232 valence electrons. The lowest BCUT2D eigenvalue weighted by atomic mass is 9.97. The van der Waals surface area contributed by atoms with Gasteiger partial charge in [0, 0.05) is 13.2 Å². The van der Waals surface area contributed by atoms with Crippen LogP contribution in [-0.4, -0.2) is 75.8 Å². The summed E-state index contributed by atoms with van der Waals surface area (Å²) in [7, 11) is 0. The number of aromatic nitrogens is 1. The minimum absolute atomic E-state index is 0.0231. The smallest absolute Gasteiger partial charge is 0.329 e. The van der Waals surface area contributed by atoms with E-state index in [0.29, 0.717) is 46.7 Å². The molecule has 2 N–H and O–H groups in total. The lowest BCUT2D eigenvalue weighted by Gasteiger charge is -2.47. The highest BCUT2D eigenvalue weighted by Crippen LogP contribution is 2.47. The van der Waals surface area contributed by atoms with Gasteiger partial charge in [0.15, 0.2) is 0 Å². The Morgan fingerprint density at radius 2 is 1.95 bits per heavy atom. The second-order valence-electron chi connectivity index (χ2n) is 11.6. The zero-order chi connectivity index (χ0) is 30.9. The number of aliphatic hydroxyl groups is 1. The molecule has 0 aliphatic carbocycles. The first-order valence-electron chi connectivity index (χ1n) is 14.5. The Morgan fingerprint density at radius 1 is 1.23 bits per heavy atom. The van der Waals surface area contributed by atoms with E-state index in [9.17, 15) is 19.8 Å². The zero-order valence-electron chi connectivity index (χ0n) is 25.1. The average Bonchev–Trinajstić information content (AvgIpc) is 3.62. The predicted octanol–water partition coefficient (Wildman–Crippen LogP) is 4.97. The van der Waals surface area contributed by atoms with E-state index in [4.69, 9.17) is 18.6 Å². The van der Waals surface area contributed by atoms with Crippen molar-refractivity contribution < 1.29 is 38.4 Å². The molecule has 1 amide bonds. The molecule has 0 spiro atoms. The number of oxazole rings is 1. The van der Waals surface area contributed by atoms with Gasteiger partial charge in [-0.25, -0.2) is 9.78 Å². The minimum Gasteiger partial charge on any atom is -0.480 e. The summed E-state index contributed by atoms with van der Waals surface area (Å²) in [5.74, 6) is -1.48. The second-order valence-corrected chi connectivity index (χ2v) is 12.6. The van der Waals surface area contributed by atoms with E-state index in [1.807, 2.05) is 38.1 Å². The monoisotopic (exact) mass is 613 g/mol. The molecule has 2 aromatic heterocycles. The number of anilines is 1. The molecule has 2 aliphatic heterocycles. The van der Waals surface area contributed by atoms with Gasteiger partial charge in [0.2, 0.25) is 12.2 Å². The number of carboxylic acids is 1. The van der Waals surface area contributed by atoms with Gasteiger partial charge in [-0.05, 0) is 64.2 Å². The number of aliphatic hydroxyl groups excluding tert-OH is 1. The maximum Gasteiger partial charge on any atom is 0.329 e. The van der Waals surface area contributed by atoms with E-state index in [2.05, 4.69) is 4.98 Å². The lowest BCUT2D eigenvalue weighted by molar-refractivity contribution is -0.154. The second kappa shape index (κ2) is 12.7. The van der Waals surface area contributed by atoms with Crippen molar-refractivity contribution in [3.8, 4) is 10.8 Å². The molecule has 2 atom stereocenters. The van der Waals surface area contributed by atoms with Crippen molar-refractivity contribution in [2.75, 3.05) is 24.7 Å². The van der Waals surface area contributed by atoms with E-state index < -0.39 is 29.9 Å². The number of hydrogen-bond donors (Lipinski definition) is 2. The number of amides is 1. The largest absolute Gasteiger partial charge is 0.480 e. The molecule has 11 nitrogen and oxygen atoms in total. The molecule has 1 unspecified atom stereocenters. The standard InChI is InChI=1S/C31H39N3O8S/c1-18(2)41-17-20-8-6-7-9-22(20)23(42-21-10-13-39-14-11-21)16-33-28-24(19(3)25(43-28)26-32-12-15-40-26)27(35)34(30(33)38)31(4,5)29(36)37/h6-9,12,15,18,21,23,30,38H,10-11,13-14,16-17H2,1-5H3,(H,36,37)/t23-,30?/m0/s1. The highest BCUT2D eigenvalue weighted by atomic mass is 32.1. The van der Waals surface area contributed by atoms with Gasteiger partial charge in [0.1, 0.15) is 22.9 Å². The normalized spacial score (nSPS) is 18.8. The third-order valence-corrected chi connectivity index (χ3v) is 9.26. The summed E-state index contributed by atoms with van der Waals surface area (Å²) in [4.78, 5) is 34.0. The zero-order valence-corrected chi connectivity index (χ0v) is 25.9. The average molecular weight is 614 g/mol. The van der Waals surface area contributed by atoms with Crippen molar-refractivity contribution in [3.63, 3.8) is 0 Å². The molecule has 0 bridgehead atoms. The number of carboxylic acid groups (broad SMARTS) is 1. The number of aliphatic carboxylic acids is 1. The van der Waals surface area contributed by atoms with Crippen molar-refractivity contribution in [1.82, 2.24) is 9.88 Å². The molecule has 3 aromatic rings. The first kappa shape index (κ1) is 31.1. The van der Waals surface area contributed by atoms with Gasteiger partial charge in [0.05, 0.1) is 42.0 Å². The third-order valence-electron chi connectivity index (χ3n) is 7.95. The highest BCUT2D eigenvalue weighted by molar-refractivity contribution is 7.20. The summed E-state index contributed by atoms with van der Waals surface area (Å²) in [6, 6.07) is 7.87. The fraction of sp³-hybridized carbons (Fsp3) is 0.516. The van der Waals surface area contributed by atoms with E-state index in [0.717, 1.165) is 28.9 Å². The molecule has 5 rings (SSSR count). The number of fused-ring (bicyclic) bond motifs is 1. The van der Waals surface area contributed by atoms with Crippen LogP contribution in [0.2, 0.25) is 0 Å². The maximum atomic E-state index is 14.0. The Bertz CT molecular complexity index is 1430. The maximum absolute atomic E-state index is 14.0. The van der Waals surface area contributed by atoms with Crippen LogP contribution in [0.1, 0.15) is 73.7 Å². The van der Waals surface area contributed by atoms with Crippen LogP contribution in [0.4, 0.5) is 5.00 Å². The number of ether oxygens (including phenoxy) is 3. The van der Waals surface area contributed by atoms with Gasteiger partial charge in [-0.1, -0.05) is 24.3 Å². The van der Waals surface area contributed by atoms with Crippen LogP contribution in [0.5, 0.6) is 0 Å². The van der Waals surface area contributed by atoms with Crippen molar-refractivity contribution in [1.29, 1.82) is 0 Å². The Labute approximate surface area is 255 Å². The number of carbonyl (C=O) groups excluding carboxylic acids is 1. The molecule has 2 aliphatic rings. The van der Waals surface area contributed by atoms with E-state index >= 15 is 0 Å². The van der Waals surface area contributed by atoms with Crippen molar-refractivity contribution in [2.24, 2.45) is 0 Å². The summed E-state index contributed by atoms with van der Waals surface area (Å²) in [6.07, 6.45) is 2.23. The molecule has 4 heterocycles. The quantitative estimate of drug-likeness (QED) is 0.305. The Morgan fingerprint density at radius 3 is 2.60 bits per heavy atom. The van der Waals surface area contributed by atoms with Crippen LogP contribution >= 0.6 is 11.3 Å². The molecular weight excluding hydrogens is 574 g/mol. The van der Waals surface area contributed by atoms with Gasteiger partial charge >= 0.3 is 5.97 Å². The Hall–Kier alpha value is -3.29. The Kier molecular flexibility index (Phi) is 9.23. The number of benzene rings is 1. The van der Waals surface area contributed by atoms with Gasteiger partial charge < -0.3 is 33.7 Å². The summed E-state index contributed by atoms with van der Waals surface area (Å²) >= 11 is 1.27. The first-order chi connectivity index (χ1) is 20.5. The molecule has 43 heavy (non-hydrogen) atoms. The molecular formula is C31H39N3O8S. The van der Waals surface area contributed by atoms with Gasteiger partial charge in [-0.2, -0.15) is 0 Å². The van der Waals surface area contributed by atoms with Crippen LogP contribution in [0.15, 0.2) is 41.1 Å². The molecule has 12 heteroatoms. The van der Waals surface area contributed by atoms with E-state index in [1.165, 1.54) is 37.6 Å². The lowest BCUT2D eigenvalue weighted by Crippen LogP contribution is -2.65. The van der Waals surface area contributed by atoms with Gasteiger partial charge in [0.25, 0.3) is 5.91 Å². The van der Waals surface area contributed by atoms with Crippen LogP contribution < -0.4 is 4.90 Å². The van der Waals surface area contributed by atoms with Gasteiger partial charge in [-0.15, -0.1) is 11.3 Å². The number of carbonyl (C=O) groups is 2. The number of rotatable bonds is 11. The molecule has 0 saturated carbocycles. The summed E-state index contributed by atoms with van der Waals surface area (Å²) in [5.41, 5.74) is 1.03. The van der Waals surface area contributed by atoms with Crippen molar-refractivity contribution in [3.05, 3.63) is 59.0 Å². The highest BCUT2D eigenvalue weighted by Gasteiger charge is 2.50. The SMILES string of the molecule is Cc1c(-c2ncco2)sc2c1C(=O)N(C(C)(C)C(=O)O)C(O)N2C[C@H](OC1CCOCC1)c1ccccc1COC(C)C. The summed E-state index contributed by atoms with van der Waals surface area (Å²) in [6.45, 7) is 10.2. The molecule has 1 aromatic carbocycles. The number of thiophene rings is 1. The van der Waals surface area contributed by atoms with Crippen LogP contribution in [0.3, 0.4) is 0 Å². The fourth-order valence-corrected chi connectivity index (χ4v) is 6.72. The molecule has 1 fully saturated rings. The number of nitrogens with zero attached hydrogens (tertiary/aromatic N) is 3. The number of hydrogen-bond acceptors (Lipinski definition) is 10. The molecule has 0 radical (unpaired) electrons. The summed E-state index contributed by atoms with van der Waals surface area (Å²) < 4.78 is 23.9. The molecule has 1 saturated heterocycles. The van der Waals surface area contributed by atoms with Gasteiger partial charge in [-0.3, -0.25) is 9.69 Å². The summed E-state index contributed by atoms with van der Waals surface area (Å²) in [5, 5.41) is 22.4. The topological polar surface area (TPSA) is 135 Å². The van der Waals surface area contributed by atoms with Crippen LogP contribution in [0, 0.1) is 6.92 Å². The third kappa shape index (κ3) is 6.20. The van der Waals surface area contributed by atoms with Crippen molar-refractivity contribution in [2.45, 2.75) is 84.3 Å². The van der Waals surface area contributed by atoms with Crippen LogP contribution in [0.25, 0.3) is 10.8 Å². The minimum atomic E-state index is -1.72.